The van der Waals surface area contributed by atoms with E-state index < -0.39 is 17.2 Å². The van der Waals surface area contributed by atoms with Gasteiger partial charge >= 0.3 is 0 Å². The van der Waals surface area contributed by atoms with Gasteiger partial charge in [-0.2, -0.15) is 0 Å². The topological polar surface area (TPSA) is 32.3 Å². The summed E-state index contributed by atoms with van der Waals surface area (Å²) in [6, 6.07) is 2.59. The van der Waals surface area contributed by atoms with Gasteiger partial charge in [-0.1, -0.05) is 6.07 Å². The van der Waals surface area contributed by atoms with Crippen LogP contribution in [0.25, 0.3) is 0 Å². The Hall–Kier alpha value is -1.00. The van der Waals surface area contributed by atoms with Gasteiger partial charge in [-0.15, -0.1) is 0 Å². The zero-order valence-electron chi connectivity index (χ0n) is 9.19. The van der Waals surface area contributed by atoms with Crippen LogP contribution in [0.5, 0.6) is 0 Å². The van der Waals surface area contributed by atoms with Crippen molar-refractivity contribution < 1.29 is 13.9 Å². The maximum Gasteiger partial charge on any atom is 0.135 e. The van der Waals surface area contributed by atoms with Crippen LogP contribution >= 0.6 is 0 Å². The quantitative estimate of drug-likeness (QED) is 0.767. The third-order valence-electron chi connectivity index (χ3n) is 3.11. The van der Waals surface area contributed by atoms with Crippen LogP contribution in [0.1, 0.15) is 24.0 Å². The SMILES string of the molecule is Cc1ccc(F)c(C2(O)CCCNC2)c1F. The summed E-state index contributed by atoms with van der Waals surface area (Å²) in [6.45, 7) is 2.54. The Labute approximate surface area is 93.3 Å². The molecule has 16 heavy (non-hydrogen) atoms. The van der Waals surface area contributed by atoms with E-state index in [0.29, 0.717) is 18.4 Å². The second-order valence-corrected chi connectivity index (χ2v) is 4.37. The highest BCUT2D eigenvalue weighted by atomic mass is 19.1. The number of hydrogen-bond donors (Lipinski definition) is 2. The molecule has 1 aliphatic rings. The van der Waals surface area contributed by atoms with Crippen LogP contribution in [0.4, 0.5) is 8.78 Å². The summed E-state index contributed by atoms with van der Waals surface area (Å²) in [5.41, 5.74) is -1.26. The normalized spacial score (nSPS) is 25.8. The number of rotatable bonds is 1. The fourth-order valence-corrected chi connectivity index (χ4v) is 2.19. The summed E-state index contributed by atoms with van der Waals surface area (Å²) in [7, 11) is 0. The van der Waals surface area contributed by atoms with Crippen molar-refractivity contribution in [3.63, 3.8) is 0 Å². The van der Waals surface area contributed by atoms with Gasteiger partial charge in [-0.3, -0.25) is 0 Å². The van der Waals surface area contributed by atoms with Crippen molar-refractivity contribution in [2.75, 3.05) is 13.1 Å². The van der Waals surface area contributed by atoms with Gasteiger partial charge in [0, 0.05) is 6.54 Å². The predicted molar refractivity (Wildman–Crippen MR) is 57.1 cm³/mol. The van der Waals surface area contributed by atoms with Crippen molar-refractivity contribution in [1.29, 1.82) is 0 Å². The Morgan fingerprint density at radius 3 is 2.75 bits per heavy atom. The van der Waals surface area contributed by atoms with Gasteiger partial charge in [-0.05, 0) is 37.9 Å². The van der Waals surface area contributed by atoms with Crippen LogP contribution in [-0.4, -0.2) is 18.2 Å². The van der Waals surface area contributed by atoms with Gasteiger partial charge in [0.25, 0.3) is 0 Å². The van der Waals surface area contributed by atoms with Gasteiger partial charge in [0.1, 0.15) is 17.2 Å². The number of aryl methyl sites for hydroxylation is 1. The van der Waals surface area contributed by atoms with E-state index in [4.69, 9.17) is 0 Å². The summed E-state index contributed by atoms with van der Waals surface area (Å²) in [5, 5.41) is 13.3. The van der Waals surface area contributed by atoms with Gasteiger partial charge in [0.05, 0.1) is 5.56 Å². The molecule has 4 heteroatoms. The third kappa shape index (κ3) is 1.83. The summed E-state index contributed by atoms with van der Waals surface area (Å²) in [5.74, 6) is -1.31. The maximum atomic E-state index is 13.9. The first kappa shape index (κ1) is 11.5. The highest BCUT2D eigenvalue weighted by molar-refractivity contribution is 5.32. The summed E-state index contributed by atoms with van der Waals surface area (Å²) in [4.78, 5) is 0. The minimum absolute atomic E-state index is 0.195. The Balaban J connectivity index is 2.49. The molecule has 2 rings (SSSR count). The monoisotopic (exact) mass is 227 g/mol. The molecule has 1 saturated heterocycles. The van der Waals surface area contributed by atoms with E-state index in [1.807, 2.05) is 0 Å². The molecule has 1 unspecified atom stereocenters. The third-order valence-corrected chi connectivity index (χ3v) is 3.11. The molecule has 2 N–H and O–H groups in total. The van der Waals surface area contributed by atoms with Gasteiger partial charge in [-0.25, -0.2) is 8.78 Å². The van der Waals surface area contributed by atoms with Gasteiger partial charge in [0.15, 0.2) is 0 Å². The molecule has 1 atom stereocenters. The molecule has 1 aliphatic heterocycles. The van der Waals surface area contributed by atoms with Crippen molar-refractivity contribution in [1.82, 2.24) is 5.32 Å². The molecular weight excluding hydrogens is 212 g/mol. The van der Waals surface area contributed by atoms with E-state index in [2.05, 4.69) is 5.32 Å². The van der Waals surface area contributed by atoms with Crippen molar-refractivity contribution in [3.8, 4) is 0 Å². The number of β-amino-alcohol motifs (C(OH)–C–C–N with tert-alkyl or cyclic N) is 1. The van der Waals surface area contributed by atoms with Crippen LogP contribution in [0.2, 0.25) is 0 Å². The molecule has 2 nitrogen and oxygen atoms in total. The van der Waals surface area contributed by atoms with Crippen LogP contribution < -0.4 is 5.32 Å². The lowest BCUT2D eigenvalue weighted by molar-refractivity contribution is 0.00559. The first-order valence-electron chi connectivity index (χ1n) is 5.43. The highest BCUT2D eigenvalue weighted by Crippen LogP contribution is 2.33. The Kier molecular flexibility index (Phi) is 2.95. The van der Waals surface area contributed by atoms with E-state index in [1.165, 1.54) is 12.1 Å². The molecule has 0 saturated carbocycles. The number of aliphatic hydroxyl groups is 1. The highest BCUT2D eigenvalue weighted by Gasteiger charge is 2.36. The molecule has 0 aliphatic carbocycles. The van der Waals surface area contributed by atoms with E-state index in [-0.39, 0.29) is 12.1 Å². The first-order chi connectivity index (χ1) is 7.54. The van der Waals surface area contributed by atoms with Crippen molar-refractivity contribution in [3.05, 3.63) is 34.9 Å². The lowest BCUT2D eigenvalue weighted by Crippen LogP contribution is -2.44. The number of benzene rings is 1. The molecule has 0 aromatic heterocycles. The van der Waals surface area contributed by atoms with E-state index in [9.17, 15) is 13.9 Å². The average molecular weight is 227 g/mol. The zero-order valence-corrected chi connectivity index (χ0v) is 9.19. The molecule has 0 spiro atoms. The summed E-state index contributed by atoms with van der Waals surface area (Å²) < 4.78 is 27.5. The van der Waals surface area contributed by atoms with Crippen molar-refractivity contribution in [2.45, 2.75) is 25.4 Å². The van der Waals surface area contributed by atoms with Crippen LogP contribution in [0.15, 0.2) is 12.1 Å². The molecule has 1 aromatic carbocycles. The lowest BCUT2D eigenvalue weighted by atomic mass is 9.85. The smallest absolute Gasteiger partial charge is 0.135 e. The molecule has 0 amide bonds. The summed E-state index contributed by atoms with van der Waals surface area (Å²) >= 11 is 0. The van der Waals surface area contributed by atoms with Crippen LogP contribution in [-0.2, 0) is 5.60 Å². The fraction of sp³-hybridized carbons (Fsp3) is 0.500. The van der Waals surface area contributed by atoms with Crippen LogP contribution in [0.3, 0.4) is 0 Å². The van der Waals surface area contributed by atoms with E-state index >= 15 is 0 Å². The minimum Gasteiger partial charge on any atom is -0.384 e. The van der Waals surface area contributed by atoms with Crippen LogP contribution in [0, 0.1) is 18.6 Å². The van der Waals surface area contributed by atoms with E-state index in [1.54, 1.807) is 6.92 Å². The van der Waals surface area contributed by atoms with Crippen molar-refractivity contribution >= 4 is 0 Å². The number of nitrogens with one attached hydrogen (secondary N) is 1. The number of halogens is 2. The van der Waals surface area contributed by atoms with Gasteiger partial charge < -0.3 is 10.4 Å². The standard InChI is InChI=1S/C12H15F2NO/c1-8-3-4-9(13)10(11(8)14)12(16)5-2-6-15-7-12/h3-4,15-16H,2,5-7H2,1H3. The van der Waals surface area contributed by atoms with E-state index in [0.717, 1.165) is 6.54 Å². The molecular formula is C12H15F2NO. The lowest BCUT2D eigenvalue weighted by Gasteiger charge is -2.33. The molecule has 1 aromatic rings. The molecule has 0 radical (unpaired) electrons. The van der Waals surface area contributed by atoms with Gasteiger partial charge in [0.2, 0.25) is 0 Å². The maximum absolute atomic E-state index is 13.9. The molecule has 1 fully saturated rings. The summed E-state index contributed by atoms with van der Waals surface area (Å²) in [6.07, 6.45) is 1.10. The average Bonchev–Trinajstić information content (AvgIpc) is 2.25. The Morgan fingerprint density at radius 1 is 1.38 bits per heavy atom. The largest absolute Gasteiger partial charge is 0.384 e. The van der Waals surface area contributed by atoms with Crippen molar-refractivity contribution in [2.24, 2.45) is 0 Å². The molecule has 1 heterocycles. The molecule has 88 valence electrons. The predicted octanol–water partition coefficient (Wildman–Crippen LogP) is 1.84. The second-order valence-electron chi connectivity index (χ2n) is 4.37. The number of piperidine rings is 1. The Bertz CT molecular complexity index is 400. The Morgan fingerprint density at radius 2 is 2.12 bits per heavy atom. The molecule has 0 bridgehead atoms. The first-order valence-corrected chi connectivity index (χ1v) is 5.43. The zero-order chi connectivity index (χ0) is 11.8. The second kappa shape index (κ2) is 4.11. The number of hydrogen-bond acceptors (Lipinski definition) is 2. The minimum atomic E-state index is -1.42. The fourth-order valence-electron chi connectivity index (χ4n) is 2.19.